The van der Waals surface area contributed by atoms with Crippen molar-refractivity contribution in [2.75, 3.05) is 6.54 Å². The maximum absolute atomic E-state index is 13.6. The topological polar surface area (TPSA) is 93.2 Å². The molecule has 164 valence electrons. The van der Waals surface area contributed by atoms with Gasteiger partial charge in [0.2, 0.25) is 10.0 Å². The van der Waals surface area contributed by atoms with Gasteiger partial charge in [-0.25, -0.2) is 25.9 Å². The van der Waals surface area contributed by atoms with Crippen LogP contribution in [0.2, 0.25) is 5.02 Å². The molecule has 0 unspecified atom stereocenters. The van der Waals surface area contributed by atoms with E-state index in [1.165, 1.54) is 31.5 Å². The first-order valence-corrected chi connectivity index (χ1v) is 12.8. The highest BCUT2D eigenvalue weighted by Gasteiger charge is 2.31. The minimum atomic E-state index is -4.06. The van der Waals surface area contributed by atoms with Gasteiger partial charge in [-0.05, 0) is 53.9 Å². The smallest absolute Gasteiger partial charge is 0.215 e. The first kappa shape index (κ1) is 23.3. The Kier molecular flexibility index (Phi) is 7.10. The normalized spacial score (nSPS) is 13.1. The second-order valence-corrected chi connectivity index (χ2v) is 11.3. The average molecular weight is 483 g/mol. The third kappa shape index (κ3) is 5.68. The predicted octanol–water partition coefficient (Wildman–Crippen LogP) is 3.82. The zero-order chi connectivity index (χ0) is 22.6. The van der Waals surface area contributed by atoms with Gasteiger partial charge in [-0.1, -0.05) is 35.9 Å². The summed E-state index contributed by atoms with van der Waals surface area (Å²) in [4.78, 5) is 3.84. The van der Waals surface area contributed by atoms with E-state index in [1.54, 1.807) is 36.4 Å². The third-order valence-corrected chi connectivity index (χ3v) is 8.45. The van der Waals surface area contributed by atoms with Crippen molar-refractivity contribution in [3.05, 3.63) is 94.5 Å². The molecule has 0 bridgehead atoms. The van der Waals surface area contributed by atoms with Gasteiger partial charge in [-0.2, -0.15) is 0 Å². The summed E-state index contributed by atoms with van der Waals surface area (Å²) in [5.74, 6) is -0.931. The van der Waals surface area contributed by atoms with E-state index in [9.17, 15) is 21.2 Å². The summed E-state index contributed by atoms with van der Waals surface area (Å²) in [6, 6.07) is 13.1. The number of benzene rings is 2. The van der Waals surface area contributed by atoms with Crippen LogP contribution < -0.4 is 4.72 Å². The van der Waals surface area contributed by atoms with Crippen molar-refractivity contribution < 1.29 is 21.2 Å². The molecule has 1 N–H and O–H groups in total. The lowest BCUT2D eigenvalue weighted by Gasteiger charge is -2.19. The second kappa shape index (κ2) is 9.44. The highest BCUT2D eigenvalue weighted by molar-refractivity contribution is 7.92. The van der Waals surface area contributed by atoms with Crippen LogP contribution in [-0.2, 0) is 25.6 Å². The summed E-state index contributed by atoms with van der Waals surface area (Å²) in [5, 5.41) is -0.960. The van der Waals surface area contributed by atoms with Crippen molar-refractivity contribution in [2.24, 2.45) is 0 Å². The third-order valence-electron chi connectivity index (χ3n) is 4.68. The minimum Gasteiger partial charge on any atom is -0.264 e. The number of hydrogen-bond donors (Lipinski definition) is 1. The van der Waals surface area contributed by atoms with Crippen molar-refractivity contribution in [3.8, 4) is 0 Å². The van der Waals surface area contributed by atoms with E-state index in [0.717, 1.165) is 6.07 Å². The van der Waals surface area contributed by atoms with E-state index in [1.807, 2.05) is 0 Å². The summed E-state index contributed by atoms with van der Waals surface area (Å²) in [6.07, 6.45) is 2.84. The van der Waals surface area contributed by atoms with Gasteiger partial charge in [0, 0.05) is 24.0 Å². The molecule has 0 aliphatic rings. The SMILES string of the molecule is Cc1cc(S(=O)(=O)[C@H](CNS(=O)(=O)Cc2ccccc2Cl)c2cccnc2)ccc1F. The van der Waals surface area contributed by atoms with Gasteiger partial charge >= 0.3 is 0 Å². The Morgan fingerprint density at radius 2 is 1.81 bits per heavy atom. The maximum Gasteiger partial charge on any atom is 0.215 e. The number of rotatable bonds is 8. The summed E-state index contributed by atoms with van der Waals surface area (Å²) >= 11 is 6.04. The molecule has 0 saturated heterocycles. The predicted molar refractivity (Wildman–Crippen MR) is 117 cm³/mol. The molecule has 3 aromatic rings. The quantitative estimate of drug-likeness (QED) is 0.493. The summed E-state index contributed by atoms with van der Waals surface area (Å²) in [7, 11) is -7.95. The molecule has 2 aromatic carbocycles. The minimum absolute atomic E-state index is 0.106. The summed E-state index contributed by atoms with van der Waals surface area (Å²) < 4.78 is 67.9. The van der Waals surface area contributed by atoms with Crippen molar-refractivity contribution in [1.29, 1.82) is 0 Å². The molecular weight excluding hydrogens is 463 g/mol. The van der Waals surface area contributed by atoms with Crippen LogP contribution in [0.1, 0.15) is 21.9 Å². The molecule has 0 amide bonds. The van der Waals surface area contributed by atoms with Crippen molar-refractivity contribution >= 4 is 31.5 Å². The van der Waals surface area contributed by atoms with Crippen LogP contribution >= 0.6 is 11.6 Å². The number of nitrogens with zero attached hydrogens (tertiary/aromatic N) is 1. The molecule has 0 fully saturated rings. The molecule has 0 saturated carbocycles. The number of sulfone groups is 1. The van der Waals surface area contributed by atoms with Crippen LogP contribution in [-0.4, -0.2) is 28.4 Å². The molecule has 1 heterocycles. The Balaban J connectivity index is 1.91. The number of sulfonamides is 1. The number of aryl methyl sites for hydroxylation is 1. The first-order chi connectivity index (χ1) is 14.6. The molecule has 31 heavy (non-hydrogen) atoms. The monoisotopic (exact) mass is 482 g/mol. The van der Waals surface area contributed by atoms with Crippen LogP contribution in [0.4, 0.5) is 4.39 Å². The van der Waals surface area contributed by atoms with E-state index in [-0.39, 0.29) is 10.5 Å². The van der Waals surface area contributed by atoms with Crippen molar-refractivity contribution in [1.82, 2.24) is 9.71 Å². The number of pyridine rings is 1. The highest BCUT2D eigenvalue weighted by atomic mass is 35.5. The molecular formula is C21H20ClFN2O4S2. The van der Waals surface area contributed by atoms with Crippen LogP contribution in [0.3, 0.4) is 0 Å². The lowest BCUT2D eigenvalue weighted by molar-refractivity contribution is 0.567. The Morgan fingerprint density at radius 1 is 1.06 bits per heavy atom. The number of hydrogen-bond acceptors (Lipinski definition) is 5. The molecule has 3 rings (SSSR count). The standard InChI is InChI=1S/C21H20ClFN2O4S2/c1-15-11-18(8-9-20(15)23)31(28,29)21(16-6-4-10-24-12-16)13-25-30(26,27)14-17-5-2-3-7-19(17)22/h2-12,21,25H,13-14H2,1H3/t21-/m1/s1. The molecule has 6 nitrogen and oxygen atoms in total. The number of aromatic nitrogens is 1. The Morgan fingerprint density at radius 3 is 2.45 bits per heavy atom. The Hall–Kier alpha value is -2.33. The second-order valence-electron chi connectivity index (χ2n) is 6.93. The highest BCUT2D eigenvalue weighted by Crippen LogP contribution is 2.29. The Bertz CT molecular complexity index is 1280. The van der Waals surface area contributed by atoms with Gasteiger partial charge in [0.1, 0.15) is 11.1 Å². The molecule has 0 aliphatic carbocycles. The zero-order valence-electron chi connectivity index (χ0n) is 16.5. The van der Waals surface area contributed by atoms with Crippen LogP contribution in [0.5, 0.6) is 0 Å². The van der Waals surface area contributed by atoms with Crippen molar-refractivity contribution in [2.45, 2.75) is 22.8 Å². The molecule has 1 atom stereocenters. The van der Waals surface area contributed by atoms with E-state index in [4.69, 9.17) is 11.6 Å². The van der Waals surface area contributed by atoms with E-state index in [0.29, 0.717) is 16.1 Å². The number of nitrogens with one attached hydrogen (secondary N) is 1. The van der Waals surface area contributed by atoms with E-state index >= 15 is 0 Å². The van der Waals surface area contributed by atoms with Gasteiger partial charge in [0.25, 0.3) is 0 Å². The number of halogens is 2. The average Bonchev–Trinajstić information content (AvgIpc) is 2.72. The first-order valence-electron chi connectivity index (χ1n) is 9.21. The van der Waals surface area contributed by atoms with Gasteiger partial charge in [-0.15, -0.1) is 0 Å². The van der Waals surface area contributed by atoms with Crippen molar-refractivity contribution in [3.63, 3.8) is 0 Å². The van der Waals surface area contributed by atoms with Gasteiger partial charge < -0.3 is 0 Å². The summed E-state index contributed by atoms with van der Waals surface area (Å²) in [6.45, 7) is 1.04. The van der Waals surface area contributed by atoms with Crippen LogP contribution in [0.25, 0.3) is 0 Å². The van der Waals surface area contributed by atoms with Crippen LogP contribution in [0.15, 0.2) is 71.9 Å². The van der Waals surface area contributed by atoms with E-state index in [2.05, 4.69) is 9.71 Å². The fraction of sp³-hybridized carbons (Fsp3) is 0.190. The molecule has 0 aliphatic heterocycles. The largest absolute Gasteiger partial charge is 0.264 e. The van der Waals surface area contributed by atoms with Crippen LogP contribution in [0, 0.1) is 12.7 Å². The van der Waals surface area contributed by atoms with Gasteiger partial charge in [-0.3, -0.25) is 4.98 Å². The maximum atomic E-state index is 13.6. The lowest BCUT2D eigenvalue weighted by atomic mass is 10.2. The van der Waals surface area contributed by atoms with Gasteiger partial charge in [0.15, 0.2) is 9.84 Å². The Labute approximate surface area is 186 Å². The van der Waals surface area contributed by atoms with E-state index < -0.39 is 43.2 Å². The molecule has 0 spiro atoms. The summed E-state index contributed by atoms with van der Waals surface area (Å²) in [5.41, 5.74) is 0.877. The molecule has 0 radical (unpaired) electrons. The lowest BCUT2D eigenvalue weighted by Crippen LogP contribution is -2.33. The zero-order valence-corrected chi connectivity index (χ0v) is 18.9. The van der Waals surface area contributed by atoms with Gasteiger partial charge in [0.05, 0.1) is 10.6 Å². The fourth-order valence-corrected chi connectivity index (χ4v) is 6.30. The fourth-order valence-electron chi connectivity index (χ4n) is 3.01. The molecule has 1 aromatic heterocycles. The molecule has 10 heteroatoms.